The maximum absolute atomic E-state index is 13.6. The molecule has 1 N–H and O–H groups in total. The zero-order valence-corrected chi connectivity index (χ0v) is 11.4. The summed E-state index contributed by atoms with van der Waals surface area (Å²) in [5.74, 6) is -0.161. The van der Waals surface area contributed by atoms with Crippen molar-refractivity contribution in [3.63, 3.8) is 0 Å². The van der Waals surface area contributed by atoms with E-state index in [0.717, 1.165) is 11.4 Å². The Morgan fingerprint density at radius 3 is 2.83 bits per heavy atom. The number of rotatable bonds is 5. The Kier molecular flexibility index (Phi) is 4.44. The van der Waals surface area contributed by atoms with Crippen LogP contribution in [-0.2, 0) is 13.0 Å². The van der Waals surface area contributed by atoms with Crippen molar-refractivity contribution in [2.24, 2.45) is 0 Å². The molecule has 0 aliphatic rings. The van der Waals surface area contributed by atoms with Crippen LogP contribution in [0.1, 0.15) is 35.3 Å². The number of halogens is 1. The molecule has 0 bridgehead atoms. The minimum atomic E-state index is -0.161. The SMILES string of the molecule is CCc1cnc(CNC(C)c2ccccc2F)s1. The van der Waals surface area contributed by atoms with Gasteiger partial charge in [-0.2, -0.15) is 0 Å². The van der Waals surface area contributed by atoms with Gasteiger partial charge in [0.1, 0.15) is 10.8 Å². The predicted molar refractivity (Wildman–Crippen MR) is 73.1 cm³/mol. The van der Waals surface area contributed by atoms with Crippen LogP contribution in [0.25, 0.3) is 0 Å². The summed E-state index contributed by atoms with van der Waals surface area (Å²) in [4.78, 5) is 5.62. The van der Waals surface area contributed by atoms with Gasteiger partial charge in [0.05, 0.1) is 0 Å². The highest BCUT2D eigenvalue weighted by atomic mass is 32.1. The Bertz CT molecular complexity index is 510. The van der Waals surface area contributed by atoms with Crippen molar-refractivity contribution in [2.75, 3.05) is 0 Å². The van der Waals surface area contributed by atoms with Crippen LogP contribution >= 0.6 is 11.3 Å². The molecule has 0 saturated heterocycles. The summed E-state index contributed by atoms with van der Waals surface area (Å²) in [6, 6.07) is 6.85. The summed E-state index contributed by atoms with van der Waals surface area (Å²) in [5, 5.41) is 4.35. The Morgan fingerprint density at radius 1 is 1.39 bits per heavy atom. The summed E-state index contributed by atoms with van der Waals surface area (Å²) in [6.45, 7) is 4.76. The summed E-state index contributed by atoms with van der Waals surface area (Å²) in [5.41, 5.74) is 0.699. The molecule has 0 radical (unpaired) electrons. The predicted octanol–water partition coefficient (Wildman–Crippen LogP) is 3.70. The number of aromatic nitrogens is 1. The topological polar surface area (TPSA) is 24.9 Å². The van der Waals surface area contributed by atoms with Crippen molar-refractivity contribution in [1.82, 2.24) is 10.3 Å². The van der Waals surface area contributed by atoms with Crippen molar-refractivity contribution < 1.29 is 4.39 Å². The highest BCUT2D eigenvalue weighted by Crippen LogP contribution is 2.18. The molecule has 2 nitrogen and oxygen atoms in total. The third-order valence-corrected chi connectivity index (χ3v) is 4.02. The monoisotopic (exact) mass is 264 g/mol. The lowest BCUT2D eigenvalue weighted by atomic mass is 10.1. The standard InChI is InChI=1S/C14H17FN2S/c1-3-11-8-17-14(18-11)9-16-10(2)12-6-4-5-7-13(12)15/h4-8,10,16H,3,9H2,1-2H3. The van der Waals surface area contributed by atoms with Gasteiger partial charge in [-0.3, -0.25) is 0 Å². The number of thiazole rings is 1. The number of benzene rings is 1. The smallest absolute Gasteiger partial charge is 0.127 e. The van der Waals surface area contributed by atoms with Gasteiger partial charge in [0.15, 0.2) is 0 Å². The molecule has 0 amide bonds. The van der Waals surface area contributed by atoms with E-state index in [9.17, 15) is 4.39 Å². The first-order valence-electron chi connectivity index (χ1n) is 6.12. The van der Waals surface area contributed by atoms with E-state index in [-0.39, 0.29) is 11.9 Å². The van der Waals surface area contributed by atoms with E-state index in [1.54, 1.807) is 17.4 Å². The molecule has 2 aromatic rings. The molecule has 1 heterocycles. The van der Waals surface area contributed by atoms with Crippen LogP contribution < -0.4 is 5.32 Å². The lowest BCUT2D eigenvalue weighted by Gasteiger charge is -2.13. The number of aryl methyl sites for hydroxylation is 1. The molecule has 18 heavy (non-hydrogen) atoms. The first-order chi connectivity index (χ1) is 8.70. The van der Waals surface area contributed by atoms with E-state index in [1.807, 2.05) is 25.3 Å². The molecule has 2 rings (SSSR count). The quantitative estimate of drug-likeness (QED) is 0.890. The second kappa shape index (κ2) is 6.07. The number of nitrogens with zero attached hydrogens (tertiary/aromatic N) is 1. The van der Waals surface area contributed by atoms with E-state index < -0.39 is 0 Å². The van der Waals surface area contributed by atoms with Crippen LogP contribution in [0.5, 0.6) is 0 Å². The second-order valence-corrected chi connectivity index (χ2v) is 5.40. The van der Waals surface area contributed by atoms with Crippen molar-refractivity contribution in [3.8, 4) is 0 Å². The molecule has 96 valence electrons. The zero-order valence-electron chi connectivity index (χ0n) is 10.6. The van der Waals surface area contributed by atoms with E-state index in [4.69, 9.17) is 0 Å². The minimum absolute atomic E-state index is 0.0137. The molecule has 1 atom stereocenters. The Morgan fingerprint density at radius 2 is 2.17 bits per heavy atom. The molecular formula is C14H17FN2S. The van der Waals surface area contributed by atoms with Crippen LogP contribution in [0.3, 0.4) is 0 Å². The van der Waals surface area contributed by atoms with Gasteiger partial charge in [0, 0.05) is 29.2 Å². The highest BCUT2D eigenvalue weighted by Gasteiger charge is 2.10. The van der Waals surface area contributed by atoms with Crippen molar-refractivity contribution in [2.45, 2.75) is 32.9 Å². The molecular weight excluding hydrogens is 247 g/mol. The van der Waals surface area contributed by atoms with E-state index in [0.29, 0.717) is 12.1 Å². The molecule has 0 aliphatic carbocycles. The fourth-order valence-electron chi connectivity index (χ4n) is 1.77. The third-order valence-electron chi connectivity index (χ3n) is 2.88. The molecule has 0 aliphatic heterocycles. The van der Waals surface area contributed by atoms with Crippen molar-refractivity contribution in [1.29, 1.82) is 0 Å². The van der Waals surface area contributed by atoms with Gasteiger partial charge in [0.2, 0.25) is 0 Å². The maximum Gasteiger partial charge on any atom is 0.127 e. The average Bonchev–Trinajstić information content (AvgIpc) is 2.84. The van der Waals surface area contributed by atoms with Gasteiger partial charge < -0.3 is 5.32 Å². The molecule has 0 spiro atoms. The average molecular weight is 264 g/mol. The fraction of sp³-hybridized carbons (Fsp3) is 0.357. The first kappa shape index (κ1) is 13.2. The van der Waals surface area contributed by atoms with Crippen LogP contribution in [0.15, 0.2) is 30.5 Å². The molecule has 1 aromatic heterocycles. The first-order valence-corrected chi connectivity index (χ1v) is 6.93. The number of nitrogens with one attached hydrogen (secondary N) is 1. The third kappa shape index (κ3) is 3.15. The summed E-state index contributed by atoms with van der Waals surface area (Å²) < 4.78 is 13.6. The maximum atomic E-state index is 13.6. The zero-order chi connectivity index (χ0) is 13.0. The van der Waals surface area contributed by atoms with Crippen LogP contribution in [0.4, 0.5) is 4.39 Å². The molecule has 1 unspecified atom stereocenters. The Labute approximate surface area is 111 Å². The Hall–Kier alpha value is -1.26. The number of hydrogen-bond donors (Lipinski definition) is 1. The van der Waals surface area contributed by atoms with Gasteiger partial charge in [-0.25, -0.2) is 9.37 Å². The molecule has 0 fully saturated rings. The van der Waals surface area contributed by atoms with E-state index >= 15 is 0 Å². The lowest BCUT2D eigenvalue weighted by molar-refractivity contribution is 0.527. The largest absolute Gasteiger partial charge is 0.304 e. The minimum Gasteiger partial charge on any atom is -0.304 e. The second-order valence-electron chi connectivity index (χ2n) is 4.20. The molecule has 0 saturated carbocycles. The lowest BCUT2D eigenvalue weighted by Crippen LogP contribution is -2.18. The fourth-order valence-corrected chi connectivity index (χ4v) is 2.58. The van der Waals surface area contributed by atoms with Crippen LogP contribution in [-0.4, -0.2) is 4.98 Å². The Balaban J connectivity index is 1.96. The van der Waals surface area contributed by atoms with Gasteiger partial charge in [0.25, 0.3) is 0 Å². The van der Waals surface area contributed by atoms with Gasteiger partial charge in [-0.1, -0.05) is 25.1 Å². The highest BCUT2D eigenvalue weighted by molar-refractivity contribution is 7.11. The number of hydrogen-bond acceptors (Lipinski definition) is 3. The van der Waals surface area contributed by atoms with E-state index in [2.05, 4.69) is 17.2 Å². The van der Waals surface area contributed by atoms with Gasteiger partial charge >= 0.3 is 0 Å². The molecule has 4 heteroatoms. The summed E-state index contributed by atoms with van der Waals surface area (Å²) in [6.07, 6.45) is 2.93. The normalized spacial score (nSPS) is 12.6. The van der Waals surface area contributed by atoms with Crippen molar-refractivity contribution >= 4 is 11.3 Å². The van der Waals surface area contributed by atoms with Crippen LogP contribution in [0.2, 0.25) is 0 Å². The van der Waals surface area contributed by atoms with E-state index in [1.165, 1.54) is 10.9 Å². The van der Waals surface area contributed by atoms with Gasteiger partial charge in [-0.05, 0) is 19.4 Å². The van der Waals surface area contributed by atoms with Crippen LogP contribution in [0, 0.1) is 5.82 Å². The van der Waals surface area contributed by atoms with Crippen molar-refractivity contribution in [3.05, 3.63) is 51.7 Å². The van der Waals surface area contributed by atoms with Gasteiger partial charge in [-0.15, -0.1) is 11.3 Å². The molecule has 1 aromatic carbocycles. The summed E-state index contributed by atoms with van der Waals surface area (Å²) >= 11 is 1.71. The summed E-state index contributed by atoms with van der Waals surface area (Å²) in [7, 11) is 0.